The van der Waals surface area contributed by atoms with Crippen LogP contribution in [-0.2, 0) is 17.9 Å². The summed E-state index contributed by atoms with van der Waals surface area (Å²) in [4.78, 5) is 16.2. The van der Waals surface area contributed by atoms with E-state index in [-0.39, 0.29) is 0 Å². The molecule has 2 aromatic heterocycles. The summed E-state index contributed by atoms with van der Waals surface area (Å²) in [5.74, 6) is 2.24. The van der Waals surface area contributed by atoms with Crippen LogP contribution in [0.15, 0.2) is 54.9 Å². The van der Waals surface area contributed by atoms with Gasteiger partial charge in [0.05, 0.1) is 24.0 Å². The molecule has 2 aromatic carbocycles. The summed E-state index contributed by atoms with van der Waals surface area (Å²) in [5.41, 5.74) is 5.55. The van der Waals surface area contributed by atoms with Crippen molar-refractivity contribution in [3.63, 3.8) is 0 Å². The van der Waals surface area contributed by atoms with Crippen molar-refractivity contribution in [1.82, 2.24) is 24.4 Å². The number of aromatic nitrogens is 4. The maximum absolute atomic E-state index is 5.52. The Morgan fingerprint density at radius 1 is 0.970 bits per heavy atom. The van der Waals surface area contributed by atoms with E-state index in [1.807, 2.05) is 12.4 Å². The van der Waals surface area contributed by atoms with Gasteiger partial charge < -0.3 is 19.5 Å². The maximum atomic E-state index is 5.52. The number of likely N-dealkylation sites (tertiary alicyclic amines) is 1. The van der Waals surface area contributed by atoms with Crippen LogP contribution in [0.25, 0.3) is 22.2 Å². The largest absolute Gasteiger partial charge is 0.372 e. The summed E-state index contributed by atoms with van der Waals surface area (Å²) >= 11 is 0. The van der Waals surface area contributed by atoms with E-state index in [9.17, 15) is 0 Å². The number of piperidine rings is 1. The zero-order chi connectivity index (χ0) is 22.2. The van der Waals surface area contributed by atoms with E-state index in [2.05, 4.69) is 74.3 Å². The number of ether oxygens (including phenoxy) is 1. The first-order valence-corrected chi connectivity index (χ1v) is 11.7. The van der Waals surface area contributed by atoms with E-state index in [0.29, 0.717) is 18.5 Å². The molecule has 7 nitrogen and oxygen atoms in total. The van der Waals surface area contributed by atoms with Crippen molar-refractivity contribution in [2.24, 2.45) is 0 Å². The molecule has 168 valence electrons. The Bertz CT molecular complexity index is 1270. The SMILES string of the molecule is CN1CCC(c2ccc(Nc3ncc4ccc(-c5cnc6n5CCOC6)cc4n3)cc2)CC1. The zero-order valence-electron chi connectivity index (χ0n) is 18.9. The summed E-state index contributed by atoms with van der Waals surface area (Å²) < 4.78 is 7.75. The molecule has 1 saturated heterocycles. The molecule has 1 N–H and O–H groups in total. The average molecular weight is 441 g/mol. The van der Waals surface area contributed by atoms with Crippen LogP contribution in [0.4, 0.5) is 11.6 Å². The van der Waals surface area contributed by atoms with Gasteiger partial charge in [0.2, 0.25) is 5.95 Å². The summed E-state index contributed by atoms with van der Waals surface area (Å²) in [6.45, 7) is 4.46. The van der Waals surface area contributed by atoms with Gasteiger partial charge in [-0.05, 0) is 62.7 Å². The highest BCUT2D eigenvalue weighted by molar-refractivity contribution is 5.84. The fraction of sp³-hybridized carbons (Fsp3) is 0.346. The number of imidazole rings is 1. The van der Waals surface area contributed by atoms with E-state index in [4.69, 9.17) is 9.72 Å². The average Bonchev–Trinajstić information content (AvgIpc) is 3.29. The summed E-state index contributed by atoms with van der Waals surface area (Å²) in [6, 6.07) is 15.1. The first kappa shape index (κ1) is 20.3. The van der Waals surface area contributed by atoms with Gasteiger partial charge in [-0.15, -0.1) is 0 Å². The van der Waals surface area contributed by atoms with Gasteiger partial charge in [0.15, 0.2) is 0 Å². The van der Waals surface area contributed by atoms with E-state index in [0.717, 1.165) is 46.8 Å². The van der Waals surface area contributed by atoms with Crippen molar-refractivity contribution in [3.05, 3.63) is 66.2 Å². The number of anilines is 2. The first-order chi connectivity index (χ1) is 16.2. The van der Waals surface area contributed by atoms with E-state index in [1.54, 1.807) is 0 Å². The number of rotatable bonds is 4. The minimum Gasteiger partial charge on any atom is -0.372 e. The van der Waals surface area contributed by atoms with Crippen LogP contribution in [0.1, 0.15) is 30.1 Å². The van der Waals surface area contributed by atoms with Crippen LogP contribution < -0.4 is 5.32 Å². The smallest absolute Gasteiger partial charge is 0.227 e. The summed E-state index contributed by atoms with van der Waals surface area (Å²) in [6.07, 6.45) is 6.26. The molecular formula is C26H28N6O. The van der Waals surface area contributed by atoms with Crippen molar-refractivity contribution >= 4 is 22.5 Å². The number of hydrogen-bond donors (Lipinski definition) is 1. The van der Waals surface area contributed by atoms with Gasteiger partial charge in [-0.25, -0.2) is 15.0 Å². The third-order valence-electron chi connectivity index (χ3n) is 6.86. The molecule has 6 rings (SSSR count). The molecule has 2 aliphatic rings. The monoisotopic (exact) mass is 440 g/mol. The van der Waals surface area contributed by atoms with Crippen LogP contribution in [-0.4, -0.2) is 51.2 Å². The van der Waals surface area contributed by atoms with Crippen LogP contribution in [0, 0.1) is 0 Å². The third kappa shape index (κ3) is 4.10. The molecule has 2 aliphatic heterocycles. The van der Waals surface area contributed by atoms with Crippen LogP contribution >= 0.6 is 0 Å². The Balaban J connectivity index is 1.22. The molecule has 1 fully saturated rings. The lowest BCUT2D eigenvalue weighted by Crippen LogP contribution is -2.29. The van der Waals surface area contributed by atoms with Crippen LogP contribution in [0.5, 0.6) is 0 Å². The Morgan fingerprint density at radius 2 is 1.82 bits per heavy atom. The van der Waals surface area contributed by atoms with Crippen LogP contribution in [0.2, 0.25) is 0 Å². The molecule has 0 saturated carbocycles. The van der Waals surface area contributed by atoms with Gasteiger partial charge in [0, 0.05) is 29.4 Å². The lowest BCUT2D eigenvalue weighted by Gasteiger charge is -2.29. The molecule has 0 aliphatic carbocycles. The number of benzene rings is 2. The highest BCUT2D eigenvalue weighted by Crippen LogP contribution is 2.29. The molecule has 0 unspecified atom stereocenters. The van der Waals surface area contributed by atoms with E-state index < -0.39 is 0 Å². The Hall–Kier alpha value is -3.29. The van der Waals surface area contributed by atoms with Crippen LogP contribution in [0.3, 0.4) is 0 Å². The second kappa shape index (κ2) is 8.57. The van der Waals surface area contributed by atoms with Gasteiger partial charge in [0.25, 0.3) is 0 Å². The Kier molecular flexibility index (Phi) is 5.28. The van der Waals surface area contributed by atoms with Gasteiger partial charge in [-0.3, -0.25) is 0 Å². The molecule has 0 amide bonds. The lowest BCUT2D eigenvalue weighted by atomic mass is 9.89. The predicted molar refractivity (Wildman–Crippen MR) is 130 cm³/mol. The minimum atomic E-state index is 0.570. The standard InChI is InChI=1S/C26H28N6O/c1-31-10-8-19(9-11-31)18-4-6-22(7-5-18)29-26-28-15-21-3-2-20(14-23(21)30-26)24-16-27-25-17-33-13-12-32(24)25/h2-7,14-16,19H,8-13,17H2,1H3,(H,28,29,30). The molecule has 0 radical (unpaired) electrons. The molecule has 0 bridgehead atoms. The van der Waals surface area contributed by atoms with Gasteiger partial charge in [-0.1, -0.05) is 24.3 Å². The predicted octanol–water partition coefficient (Wildman–Crippen LogP) is 4.58. The van der Waals surface area contributed by atoms with Crippen molar-refractivity contribution < 1.29 is 4.74 Å². The normalized spacial score (nSPS) is 17.2. The summed E-state index contributed by atoms with van der Waals surface area (Å²) in [5, 5.41) is 4.39. The van der Waals surface area contributed by atoms with Crippen molar-refractivity contribution in [2.45, 2.75) is 31.9 Å². The fourth-order valence-electron chi connectivity index (χ4n) is 4.88. The molecule has 33 heavy (non-hydrogen) atoms. The second-order valence-corrected chi connectivity index (χ2v) is 9.06. The second-order valence-electron chi connectivity index (χ2n) is 9.06. The fourth-order valence-corrected chi connectivity index (χ4v) is 4.88. The minimum absolute atomic E-state index is 0.570. The zero-order valence-corrected chi connectivity index (χ0v) is 18.9. The lowest BCUT2D eigenvalue weighted by molar-refractivity contribution is 0.0821. The highest BCUT2D eigenvalue weighted by atomic mass is 16.5. The van der Waals surface area contributed by atoms with E-state index in [1.165, 1.54) is 31.5 Å². The quantitative estimate of drug-likeness (QED) is 0.501. The van der Waals surface area contributed by atoms with Crippen molar-refractivity contribution in [3.8, 4) is 11.3 Å². The summed E-state index contributed by atoms with van der Waals surface area (Å²) in [7, 11) is 2.20. The molecule has 7 heteroatoms. The molecule has 4 heterocycles. The van der Waals surface area contributed by atoms with E-state index >= 15 is 0 Å². The highest BCUT2D eigenvalue weighted by Gasteiger charge is 2.18. The molecule has 4 aromatic rings. The Labute approximate surface area is 193 Å². The molecule has 0 atom stereocenters. The third-order valence-corrected chi connectivity index (χ3v) is 6.86. The van der Waals surface area contributed by atoms with Crippen molar-refractivity contribution in [1.29, 1.82) is 0 Å². The molecule has 0 spiro atoms. The maximum Gasteiger partial charge on any atom is 0.227 e. The topological polar surface area (TPSA) is 68.1 Å². The number of fused-ring (bicyclic) bond motifs is 2. The molecular weight excluding hydrogens is 412 g/mol. The number of hydrogen-bond acceptors (Lipinski definition) is 6. The van der Waals surface area contributed by atoms with Gasteiger partial charge >= 0.3 is 0 Å². The Morgan fingerprint density at radius 3 is 2.67 bits per heavy atom. The van der Waals surface area contributed by atoms with Gasteiger partial charge in [-0.2, -0.15) is 0 Å². The van der Waals surface area contributed by atoms with Gasteiger partial charge in [0.1, 0.15) is 12.4 Å². The first-order valence-electron chi connectivity index (χ1n) is 11.7. The number of nitrogens with one attached hydrogen (secondary N) is 1. The number of nitrogens with zero attached hydrogens (tertiary/aromatic N) is 5. The van der Waals surface area contributed by atoms with Crippen molar-refractivity contribution in [2.75, 3.05) is 32.1 Å².